The van der Waals surface area contributed by atoms with E-state index in [9.17, 15) is 0 Å². The predicted octanol–water partition coefficient (Wildman–Crippen LogP) is 2.46. The molecule has 0 aliphatic carbocycles. The van der Waals surface area contributed by atoms with Crippen LogP contribution >= 0.6 is 12.2 Å². The highest BCUT2D eigenvalue weighted by molar-refractivity contribution is 7.80. The van der Waals surface area contributed by atoms with Gasteiger partial charge in [-0.15, -0.1) is 0 Å². The summed E-state index contributed by atoms with van der Waals surface area (Å²) >= 11 is 4.95. The molecule has 92 valence electrons. The molecular formula is C13H19N3S. The zero-order valence-corrected chi connectivity index (χ0v) is 11.4. The summed E-state index contributed by atoms with van der Waals surface area (Å²) in [5.41, 5.74) is 6.17. The first kappa shape index (κ1) is 13.6. The molecule has 2 N–H and O–H groups in total. The van der Waals surface area contributed by atoms with E-state index in [4.69, 9.17) is 12.2 Å². The molecule has 0 amide bonds. The van der Waals surface area contributed by atoms with Crippen LogP contribution in [0.15, 0.2) is 29.4 Å². The highest BCUT2D eigenvalue weighted by atomic mass is 32.1. The molecule has 0 heterocycles. The van der Waals surface area contributed by atoms with E-state index < -0.39 is 0 Å². The van der Waals surface area contributed by atoms with Gasteiger partial charge in [-0.1, -0.05) is 37.6 Å². The van der Waals surface area contributed by atoms with Crippen molar-refractivity contribution >= 4 is 23.0 Å². The molecular weight excluding hydrogens is 230 g/mol. The molecule has 0 atom stereocenters. The first-order valence-electron chi connectivity index (χ1n) is 5.78. The average molecular weight is 249 g/mol. The van der Waals surface area contributed by atoms with Crippen LogP contribution in [0.5, 0.6) is 0 Å². The Hall–Kier alpha value is -1.42. The third-order valence-electron chi connectivity index (χ3n) is 2.46. The predicted molar refractivity (Wildman–Crippen MR) is 77.4 cm³/mol. The first-order valence-corrected chi connectivity index (χ1v) is 6.19. The molecule has 0 unspecified atom stereocenters. The molecule has 4 heteroatoms. The van der Waals surface area contributed by atoms with Crippen molar-refractivity contribution in [2.45, 2.75) is 26.7 Å². The summed E-state index contributed by atoms with van der Waals surface area (Å²) in [5, 5.41) is 7.53. The summed E-state index contributed by atoms with van der Waals surface area (Å²) in [6.45, 7) is 4.14. The first-order chi connectivity index (χ1) is 8.17. The fourth-order valence-electron chi connectivity index (χ4n) is 1.46. The maximum atomic E-state index is 4.95. The molecule has 0 saturated heterocycles. The van der Waals surface area contributed by atoms with Gasteiger partial charge in [0.2, 0.25) is 0 Å². The van der Waals surface area contributed by atoms with Gasteiger partial charge in [-0.05, 0) is 36.7 Å². The van der Waals surface area contributed by atoms with Crippen molar-refractivity contribution in [2.24, 2.45) is 5.10 Å². The van der Waals surface area contributed by atoms with Crippen LogP contribution in [-0.4, -0.2) is 17.9 Å². The largest absolute Gasteiger partial charge is 0.364 e. The van der Waals surface area contributed by atoms with E-state index in [1.165, 1.54) is 12.0 Å². The SMILES string of the molecule is CCCc1ccc(/C(C)=N\NC(=S)NC)cc1. The second-order valence-electron chi connectivity index (χ2n) is 3.84. The van der Waals surface area contributed by atoms with E-state index >= 15 is 0 Å². The Labute approximate surface area is 108 Å². The molecule has 0 bridgehead atoms. The maximum Gasteiger partial charge on any atom is 0.186 e. The summed E-state index contributed by atoms with van der Waals surface area (Å²) in [6, 6.07) is 8.48. The molecule has 0 fully saturated rings. The molecule has 0 saturated carbocycles. The maximum absolute atomic E-state index is 4.95. The molecule has 1 aromatic carbocycles. The Morgan fingerprint density at radius 3 is 2.47 bits per heavy atom. The fraction of sp³-hybridized carbons (Fsp3) is 0.385. The van der Waals surface area contributed by atoms with Crippen molar-refractivity contribution in [3.05, 3.63) is 35.4 Å². The van der Waals surface area contributed by atoms with Crippen molar-refractivity contribution in [1.82, 2.24) is 10.7 Å². The lowest BCUT2D eigenvalue weighted by Gasteiger charge is -2.05. The van der Waals surface area contributed by atoms with Gasteiger partial charge in [-0.25, -0.2) is 0 Å². The number of hydrogen-bond donors (Lipinski definition) is 2. The van der Waals surface area contributed by atoms with Crippen molar-refractivity contribution in [1.29, 1.82) is 0 Å². The molecule has 0 aliphatic heterocycles. The van der Waals surface area contributed by atoms with Crippen LogP contribution < -0.4 is 10.7 Å². The lowest BCUT2D eigenvalue weighted by Crippen LogP contribution is -2.29. The highest BCUT2D eigenvalue weighted by Crippen LogP contribution is 2.07. The molecule has 0 aromatic heterocycles. The number of hydrazone groups is 1. The molecule has 0 radical (unpaired) electrons. The summed E-state index contributed by atoms with van der Waals surface area (Å²) in [7, 11) is 1.76. The van der Waals surface area contributed by atoms with Gasteiger partial charge in [0.05, 0.1) is 5.71 Å². The molecule has 3 nitrogen and oxygen atoms in total. The van der Waals surface area contributed by atoms with Crippen LogP contribution in [0.4, 0.5) is 0 Å². The molecule has 1 aromatic rings. The van der Waals surface area contributed by atoms with Gasteiger partial charge >= 0.3 is 0 Å². The van der Waals surface area contributed by atoms with E-state index in [2.05, 4.69) is 47.0 Å². The summed E-state index contributed by atoms with van der Waals surface area (Å²) in [5.74, 6) is 0. The van der Waals surface area contributed by atoms with Gasteiger partial charge in [0.15, 0.2) is 5.11 Å². The Morgan fingerprint density at radius 2 is 1.94 bits per heavy atom. The number of nitrogens with zero attached hydrogens (tertiary/aromatic N) is 1. The standard InChI is InChI=1S/C13H19N3S/c1-4-5-11-6-8-12(9-7-11)10(2)15-16-13(17)14-3/h6-9H,4-5H2,1-3H3,(H2,14,16,17)/b15-10-. The van der Waals surface area contributed by atoms with Crippen LogP contribution in [0.3, 0.4) is 0 Å². The lowest BCUT2D eigenvalue weighted by molar-refractivity contribution is 0.921. The van der Waals surface area contributed by atoms with Crippen LogP contribution in [0.2, 0.25) is 0 Å². The highest BCUT2D eigenvalue weighted by Gasteiger charge is 1.98. The zero-order valence-electron chi connectivity index (χ0n) is 10.6. The van der Waals surface area contributed by atoms with E-state index in [0.717, 1.165) is 17.7 Å². The normalized spacial score (nSPS) is 11.1. The molecule has 0 spiro atoms. The Kier molecular flexibility index (Phi) is 5.63. The van der Waals surface area contributed by atoms with Crippen molar-refractivity contribution < 1.29 is 0 Å². The Bertz CT molecular complexity index is 396. The van der Waals surface area contributed by atoms with Crippen molar-refractivity contribution in [2.75, 3.05) is 7.05 Å². The van der Waals surface area contributed by atoms with Gasteiger partial charge in [-0.3, -0.25) is 5.43 Å². The van der Waals surface area contributed by atoms with Crippen molar-refractivity contribution in [3.63, 3.8) is 0 Å². The van der Waals surface area contributed by atoms with Gasteiger partial charge in [0, 0.05) is 7.05 Å². The minimum absolute atomic E-state index is 0.520. The second kappa shape index (κ2) is 7.01. The van der Waals surface area contributed by atoms with E-state index in [1.807, 2.05) is 6.92 Å². The van der Waals surface area contributed by atoms with Gasteiger partial charge in [-0.2, -0.15) is 5.10 Å². The number of thiocarbonyl (C=S) groups is 1. The minimum atomic E-state index is 0.520. The summed E-state index contributed by atoms with van der Waals surface area (Å²) in [6.07, 6.45) is 2.29. The van der Waals surface area contributed by atoms with Gasteiger partial charge in [0.25, 0.3) is 0 Å². The van der Waals surface area contributed by atoms with Crippen molar-refractivity contribution in [3.8, 4) is 0 Å². The lowest BCUT2D eigenvalue weighted by atomic mass is 10.1. The average Bonchev–Trinajstić information content (AvgIpc) is 2.36. The van der Waals surface area contributed by atoms with E-state index in [-0.39, 0.29) is 0 Å². The fourth-order valence-corrected chi connectivity index (χ4v) is 1.50. The number of aryl methyl sites for hydroxylation is 1. The third-order valence-corrected chi connectivity index (χ3v) is 2.76. The van der Waals surface area contributed by atoms with Crippen LogP contribution in [-0.2, 0) is 6.42 Å². The minimum Gasteiger partial charge on any atom is -0.364 e. The Morgan fingerprint density at radius 1 is 1.29 bits per heavy atom. The number of benzene rings is 1. The smallest absolute Gasteiger partial charge is 0.186 e. The van der Waals surface area contributed by atoms with E-state index in [0.29, 0.717) is 5.11 Å². The third kappa shape index (κ3) is 4.53. The second-order valence-corrected chi connectivity index (χ2v) is 4.24. The topological polar surface area (TPSA) is 36.4 Å². The number of hydrogen-bond acceptors (Lipinski definition) is 2. The number of nitrogens with one attached hydrogen (secondary N) is 2. The van der Waals surface area contributed by atoms with Gasteiger partial charge < -0.3 is 5.32 Å². The summed E-state index contributed by atoms with van der Waals surface area (Å²) in [4.78, 5) is 0. The zero-order chi connectivity index (χ0) is 12.7. The van der Waals surface area contributed by atoms with Crippen LogP contribution in [0.1, 0.15) is 31.4 Å². The molecule has 17 heavy (non-hydrogen) atoms. The monoisotopic (exact) mass is 249 g/mol. The molecule has 1 rings (SSSR count). The van der Waals surface area contributed by atoms with Crippen LogP contribution in [0, 0.1) is 0 Å². The quantitative estimate of drug-likeness (QED) is 0.489. The van der Waals surface area contributed by atoms with Crippen LogP contribution in [0.25, 0.3) is 0 Å². The van der Waals surface area contributed by atoms with E-state index in [1.54, 1.807) is 7.05 Å². The molecule has 0 aliphatic rings. The summed E-state index contributed by atoms with van der Waals surface area (Å²) < 4.78 is 0. The Balaban J connectivity index is 2.68. The number of rotatable bonds is 4. The van der Waals surface area contributed by atoms with Gasteiger partial charge in [0.1, 0.15) is 0 Å².